The molecule has 1 heterocycles. The van der Waals surface area contributed by atoms with Crippen LogP contribution in [0.4, 0.5) is 5.69 Å². The van der Waals surface area contributed by atoms with Crippen molar-refractivity contribution in [3.63, 3.8) is 0 Å². The van der Waals surface area contributed by atoms with Crippen molar-refractivity contribution in [2.45, 2.75) is 75.8 Å². The largest absolute Gasteiger partial charge is 0.478 e. The van der Waals surface area contributed by atoms with E-state index in [4.69, 9.17) is 25.4 Å². The van der Waals surface area contributed by atoms with Crippen molar-refractivity contribution in [1.82, 2.24) is 15.3 Å². The predicted octanol–water partition coefficient (Wildman–Crippen LogP) is 2.82. The van der Waals surface area contributed by atoms with E-state index in [-0.39, 0.29) is 18.0 Å². The summed E-state index contributed by atoms with van der Waals surface area (Å²) >= 11 is 0. The first-order chi connectivity index (χ1) is 23.0. The summed E-state index contributed by atoms with van der Waals surface area (Å²) in [5.41, 5.74) is 3.20. The van der Waals surface area contributed by atoms with Crippen LogP contribution in [0.25, 0.3) is 11.4 Å². The van der Waals surface area contributed by atoms with Gasteiger partial charge in [-0.1, -0.05) is 36.4 Å². The minimum atomic E-state index is -1.55. The van der Waals surface area contributed by atoms with Crippen LogP contribution in [-0.4, -0.2) is 97.1 Å². The monoisotopic (exact) mass is 664 g/mol. The van der Waals surface area contributed by atoms with Gasteiger partial charge in [0.05, 0.1) is 18.3 Å². The average molecular weight is 665 g/mol. The number of amides is 1. The highest BCUT2D eigenvalue weighted by atomic mass is 16.4. The maximum absolute atomic E-state index is 13.3. The van der Waals surface area contributed by atoms with E-state index < -0.39 is 37.0 Å². The van der Waals surface area contributed by atoms with Gasteiger partial charge in [-0.25, -0.2) is 9.78 Å². The zero-order valence-electron chi connectivity index (χ0n) is 27.3. The van der Waals surface area contributed by atoms with Gasteiger partial charge in [0.25, 0.3) is 5.91 Å². The Bertz CT molecular complexity index is 1490. The first-order valence-corrected chi connectivity index (χ1v) is 16.8. The third-order valence-corrected chi connectivity index (χ3v) is 10.2. The Morgan fingerprint density at radius 1 is 0.917 bits per heavy atom. The number of aryl methyl sites for hydroxylation is 1. The summed E-state index contributed by atoms with van der Waals surface area (Å²) in [6, 6.07) is 16.2. The van der Waals surface area contributed by atoms with Crippen LogP contribution in [-0.2, 0) is 6.42 Å². The Labute approximate surface area is 280 Å². The zero-order chi connectivity index (χ0) is 34.4. The highest BCUT2D eigenvalue weighted by molar-refractivity contribution is 6.04. The van der Waals surface area contributed by atoms with Gasteiger partial charge in [0.2, 0.25) is 0 Å². The number of benzene rings is 2. The molecule has 1 aromatic heterocycles. The zero-order valence-corrected chi connectivity index (χ0v) is 27.3. The number of aliphatic hydroxyl groups is 5. The van der Waals surface area contributed by atoms with Gasteiger partial charge in [-0.05, 0) is 99.8 Å². The highest BCUT2D eigenvalue weighted by Gasteiger charge is 2.50. The van der Waals surface area contributed by atoms with Crippen LogP contribution in [0, 0.1) is 23.2 Å². The van der Waals surface area contributed by atoms with Crippen molar-refractivity contribution in [1.29, 1.82) is 0 Å². The lowest BCUT2D eigenvalue weighted by atomic mass is 9.48. The molecule has 0 saturated heterocycles. The maximum atomic E-state index is 13.3. The molecule has 4 aliphatic carbocycles. The summed E-state index contributed by atoms with van der Waals surface area (Å²) in [6.45, 7) is -0.569. The molecule has 12 heteroatoms. The van der Waals surface area contributed by atoms with Gasteiger partial charge in [0.15, 0.2) is 0 Å². The Hall–Kier alpha value is -3.65. The van der Waals surface area contributed by atoms with E-state index in [0.717, 1.165) is 41.9 Å². The highest BCUT2D eigenvalue weighted by Crippen LogP contribution is 2.61. The predicted molar refractivity (Wildman–Crippen MR) is 179 cm³/mol. The molecule has 4 aliphatic rings. The quantitative estimate of drug-likeness (QED) is 0.131. The van der Waals surface area contributed by atoms with Gasteiger partial charge in [0, 0.05) is 23.5 Å². The van der Waals surface area contributed by atoms with Crippen molar-refractivity contribution < 1.29 is 40.2 Å². The molecule has 260 valence electrons. The number of anilines is 1. The minimum absolute atomic E-state index is 0.0936. The first kappa shape index (κ1) is 35.7. The van der Waals surface area contributed by atoms with Crippen LogP contribution in [0.5, 0.6) is 0 Å². The number of aliphatic hydroxyl groups excluding tert-OH is 5. The summed E-state index contributed by atoms with van der Waals surface area (Å²) in [5, 5.41) is 59.6. The fraction of sp³-hybridized carbons (Fsp3) is 0.528. The number of aromatic carboxylic acids is 1. The fourth-order valence-corrected chi connectivity index (χ4v) is 8.31. The molecule has 9 N–H and O–H groups in total. The van der Waals surface area contributed by atoms with E-state index in [9.17, 15) is 19.8 Å². The number of rotatable bonds is 13. The van der Waals surface area contributed by atoms with Crippen molar-refractivity contribution >= 4 is 17.6 Å². The van der Waals surface area contributed by atoms with Crippen molar-refractivity contribution in [3.05, 3.63) is 71.5 Å². The van der Waals surface area contributed by atoms with E-state index in [2.05, 4.69) is 15.6 Å². The molecular weight excluding hydrogens is 616 g/mol. The molecule has 7 rings (SSSR count). The molecule has 0 radical (unpaired) electrons. The standard InChI is InChI=1S/C29H31N3O3.C7H17NO5/c33-27(30-23-8-4-7-22(14-23)28(34)35)25-24(31-26(32-25)21-5-2-1-3-6-21)9-10-29-15-18-11-19(16-29)13-20(12-18)17-29;1-8-2-4(10)6(12)7(13)5(11)3-9/h1-8,14,18-20H,9-13,15-17H2,(H,30,33)(H,31,32)(H,34,35);4-13H,2-3H2,1H3/t;4-,5+,6+,7+/m.0/s1. The number of H-pyrrole nitrogens is 1. The number of hydrogen-bond donors (Lipinski definition) is 9. The number of aromatic amines is 1. The second-order valence-electron chi connectivity index (χ2n) is 13.9. The molecule has 4 saturated carbocycles. The lowest BCUT2D eigenvalue weighted by molar-refractivity contribution is -0.113. The number of hydrogen-bond acceptors (Lipinski definition) is 9. The number of carboxylic acid groups (broad SMARTS) is 1. The average Bonchev–Trinajstić information content (AvgIpc) is 3.51. The summed E-state index contributed by atoms with van der Waals surface area (Å²) in [6.07, 6.45) is 4.50. The Kier molecular flexibility index (Phi) is 11.7. The second-order valence-corrected chi connectivity index (χ2v) is 13.9. The molecule has 1 amide bonds. The van der Waals surface area contributed by atoms with Crippen LogP contribution >= 0.6 is 0 Å². The number of carboxylic acids is 1. The molecule has 4 fully saturated rings. The molecule has 0 spiro atoms. The summed E-state index contributed by atoms with van der Waals surface area (Å²) < 4.78 is 0. The molecule has 0 unspecified atom stereocenters. The van der Waals surface area contributed by atoms with Gasteiger partial charge < -0.3 is 46.3 Å². The molecule has 2 aromatic carbocycles. The number of carbonyl (C=O) groups excluding carboxylic acids is 1. The second kappa shape index (κ2) is 15.7. The van der Waals surface area contributed by atoms with Gasteiger partial charge in [-0.3, -0.25) is 4.79 Å². The van der Waals surface area contributed by atoms with E-state index in [1.165, 1.54) is 50.7 Å². The van der Waals surface area contributed by atoms with Crippen LogP contribution < -0.4 is 10.6 Å². The van der Waals surface area contributed by atoms with E-state index in [1.807, 2.05) is 30.3 Å². The SMILES string of the molecule is CNC[C@H](O)[C@@H](O)[C@H](O)[C@H](O)CO.O=C(O)c1cccc(NC(=O)c2nc(-c3ccccc3)[nH]c2CCC23CC4CC(CC(C4)C2)C3)c1. The van der Waals surface area contributed by atoms with Crippen LogP contribution in [0.15, 0.2) is 54.6 Å². The lowest BCUT2D eigenvalue weighted by Crippen LogP contribution is -2.48. The summed E-state index contributed by atoms with van der Waals surface area (Å²) in [4.78, 5) is 32.9. The molecule has 12 nitrogen and oxygen atoms in total. The number of nitrogens with one attached hydrogen (secondary N) is 3. The van der Waals surface area contributed by atoms with Crippen LogP contribution in [0.3, 0.4) is 0 Å². The number of imidazole rings is 1. The topological polar surface area (TPSA) is 208 Å². The number of carbonyl (C=O) groups is 2. The van der Waals surface area contributed by atoms with E-state index in [1.54, 1.807) is 19.2 Å². The number of likely N-dealkylation sites (N-methyl/N-ethyl adjacent to an activating group) is 1. The fourth-order valence-electron chi connectivity index (χ4n) is 8.31. The maximum Gasteiger partial charge on any atom is 0.335 e. The minimum Gasteiger partial charge on any atom is -0.478 e. The number of aromatic nitrogens is 2. The summed E-state index contributed by atoms with van der Waals surface area (Å²) in [7, 11) is 1.57. The molecule has 48 heavy (non-hydrogen) atoms. The van der Waals surface area contributed by atoms with Gasteiger partial charge in [-0.2, -0.15) is 0 Å². The molecule has 4 bridgehead atoms. The third-order valence-electron chi connectivity index (χ3n) is 10.2. The Morgan fingerprint density at radius 2 is 1.54 bits per heavy atom. The molecule has 0 aliphatic heterocycles. The van der Waals surface area contributed by atoms with Crippen molar-refractivity contribution in [2.24, 2.45) is 23.2 Å². The summed E-state index contributed by atoms with van der Waals surface area (Å²) in [5.74, 6) is 2.04. The smallest absolute Gasteiger partial charge is 0.335 e. The van der Waals surface area contributed by atoms with Crippen molar-refractivity contribution in [3.8, 4) is 11.4 Å². The third kappa shape index (κ3) is 8.49. The van der Waals surface area contributed by atoms with E-state index in [0.29, 0.717) is 22.6 Å². The van der Waals surface area contributed by atoms with Crippen LogP contribution in [0.2, 0.25) is 0 Å². The molecule has 3 aromatic rings. The van der Waals surface area contributed by atoms with E-state index >= 15 is 0 Å². The van der Waals surface area contributed by atoms with Gasteiger partial charge in [0.1, 0.15) is 29.8 Å². The van der Waals surface area contributed by atoms with Gasteiger partial charge in [-0.15, -0.1) is 0 Å². The van der Waals surface area contributed by atoms with Crippen molar-refractivity contribution in [2.75, 3.05) is 25.5 Å². The lowest BCUT2D eigenvalue weighted by Gasteiger charge is -2.57. The Balaban J connectivity index is 0.000000296. The normalized spacial score (nSPS) is 25.0. The molecule has 4 atom stereocenters. The number of nitrogens with zero attached hydrogens (tertiary/aromatic N) is 1. The Morgan fingerprint density at radius 3 is 2.12 bits per heavy atom. The van der Waals surface area contributed by atoms with Gasteiger partial charge >= 0.3 is 5.97 Å². The first-order valence-electron chi connectivity index (χ1n) is 16.8. The molecular formula is C36H48N4O8. The van der Waals surface area contributed by atoms with Crippen LogP contribution in [0.1, 0.15) is 71.5 Å².